The van der Waals surface area contributed by atoms with Gasteiger partial charge < -0.3 is 9.80 Å². The molecule has 1 atom stereocenters. The van der Waals surface area contributed by atoms with Crippen molar-refractivity contribution in [2.45, 2.75) is 17.9 Å². The first kappa shape index (κ1) is 16.0. The maximum absolute atomic E-state index is 12.4. The minimum atomic E-state index is -0.217. The predicted octanol–water partition coefficient (Wildman–Crippen LogP) is 2.78. The SMILES string of the molecule is Cc1cc2c3c(nc(=O)n2I)N2CCN(C)CC2CSc3c1Cl. The fraction of sp³-hybridized carbons (Fsp3) is 0.467. The molecule has 2 aliphatic heterocycles. The van der Waals surface area contributed by atoms with Crippen molar-refractivity contribution in [1.29, 1.82) is 0 Å². The average molecular weight is 463 g/mol. The van der Waals surface area contributed by atoms with Crippen molar-refractivity contribution in [1.82, 2.24) is 12.7 Å². The molecular formula is C15H16ClIN4OS. The number of piperazine rings is 1. The van der Waals surface area contributed by atoms with Gasteiger partial charge in [0.05, 0.1) is 44.8 Å². The Labute approximate surface area is 157 Å². The van der Waals surface area contributed by atoms with Crippen LogP contribution in [0.15, 0.2) is 15.8 Å². The quantitative estimate of drug-likeness (QED) is 0.563. The van der Waals surface area contributed by atoms with E-state index in [4.69, 9.17) is 11.6 Å². The van der Waals surface area contributed by atoms with E-state index in [0.717, 1.165) is 57.6 Å². The zero-order valence-electron chi connectivity index (χ0n) is 12.8. The Kier molecular flexibility index (Phi) is 4.02. The number of halogens is 2. The van der Waals surface area contributed by atoms with Gasteiger partial charge in [-0.05, 0) is 25.6 Å². The first-order chi connectivity index (χ1) is 11.0. The second-order valence-electron chi connectivity index (χ2n) is 6.15. The fourth-order valence-electron chi connectivity index (χ4n) is 3.37. The number of fused-ring (bicyclic) bond motifs is 2. The normalized spacial score (nSPS) is 21.4. The van der Waals surface area contributed by atoms with Crippen molar-refractivity contribution in [3.63, 3.8) is 0 Å². The fourth-order valence-corrected chi connectivity index (χ4v) is 5.44. The second kappa shape index (κ2) is 5.79. The second-order valence-corrected chi connectivity index (χ2v) is 8.52. The highest BCUT2D eigenvalue weighted by Crippen LogP contribution is 2.44. The summed E-state index contributed by atoms with van der Waals surface area (Å²) in [6.07, 6.45) is 0. The van der Waals surface area contributed by atoms with E-state index in [1.54, 1.807) is 14.5 Å². The van der Waals surface area contributed by atoms with Crippen LogP contribution in [0, 0.1) is 6.92 Å². The van der Waals surface area contributed by atoms with E-state index in [1.165, 1.54) is 0 Å². The molecule has 1 aromatic heterocycles. The van der Waals surface area contributed by atoms with Gasteiger partial charge in [0.2, 0.25) is 0 Å². The summed E-state index contributed by atoms with van der Waals surface area (Å²) in [5, 5.41) is 1.81. The molecule has 1 unspecified atom stereocenters. The van der Waals surface area contributed by atoms with Crippen LogP contribution < -0.4 is 10.6 Å². The Hall–Kier alpha value is -0.510. The first-order valence-corrected chi connectivity index (χ1v) is 9.80. The number of aryl methyl sites for hydroxylation is 1. The molecule has 122 valence electrons. The highest BCUT2D eigenvalue weighted by Gasteiger charge is 2.33. The van der Waals surface area contributed by atoms with Crippen molar-refractivity contribution >= 4 is 62.9 Å². The van der Waals surface area contributed by atoms with Gasteiger partial charge in [-0.25, -0.2) is 7.58 Å². The number of benzene rings is 1. The Bertz CT molecular complexity index is 871. The molecule has 0 spiro atoms. The number of anilines is 1. The van der Waals surface area contributed by atoms with E-state index in [2.05, 4.69) is 21.8 Å². The smallest absolute Gasteiger partial charge is 0.349 e. The Balaban J connectivity index is 2.06. The summed E-state index contributed by atoms with van der Waals surface area (Å²) in [4.78, 5) is 22.5. The zero-order valence-corrected chi connectivity index (χ0v) is 16.6. The van der Waals surface area contributed by atoms with Crippen LogP contribution >= 0.6 is 46.2 Å². The van der Waals surface area contributed by atoms with Gasteiger partial charge >= 0.3 is 5.69 Å². The zero-order chi connectivity index (χ0) is 16.3. The van der Waals surface area contributed by atoms with Gasteiger partial charge in [-0.15, -0.1) is 11.8 Å². The van der Waals surface area contributed by atoms with Crippen LogP contribution in [0.3, 0.4) is 0 Å². The summed E-state index contributed by atoms with van der Waals surface area (Å²) < 4.78 is 1.60. The van der Waals surface area contributed by atoms with E-state index in [0.29, 0.717) is 6.04 Å². The molecule has 1 saturated heterocycles. The number of likely N-dealkylation sites (N-methyl/N-ethyl adjacent to an activating group) is 1. The van der Waals surface area contributed by atoms with Gasteiger partial charge in [0, 0.05) is 30.3 Å². The van der Waals surface area contributed by atoms with Crippen molar-refractivity contribution < 1.29 is 0 Å². The molecule has 0 N–H and O–H groups in total. The highest BCUT2D eigenvalue weighted by molar-refractivity contribution is 14.1. The number of rotatable bonds is 0. The molecule has 0 bridgehead atoms. The molecule has 2 aliphatic rings. The summed E-state index contributed by atoms with van der Waals surface area (Å²) >= 11 is 10.4. The van der Waals surface area contributed by atoms with Crippen LogP contribution in [0.2, 0.25) is 5.02 Å². The van der Waals surface area contributed by atoms with Gasteiger partial charge in [-0.3, -0.25) is 0 Å². The van der Waals surface area contributed by atoms with Crippen LogP contribution in [0.25, 0.3) is 10.9 Å². The van der Waals surface area contributed by atoms with E-state index in [1.807, 2.05) is 35.9 Å². The molecule has 1 fully saturated rings. The third-order valence-electron chi connectivity index (χ3n) is 4.56. The molecule has 2 aromatic rings. The van der Waals surface area contributed by atoms with Crippen LogP contribution in [-0.4, -0.2) is 51.1 Å². The molecule has 4 rings (SSSR count). The molecule has 1 aromatic carbocycles. The van der Waals surface area contributed by atoms with Crippen molar-refractivity contribution in [3.05, 3.63) is 27.1 Å². The Morgan fingerprint density at radius 1 is 1.43 bits per heavy atom. The van der Waals surface area contributed by atoms with Gasteiger partial charge in [-0.1, -0.05) is 11.6 Å². The number of hydrogen-bond donors (Lipinski definition) is 0. The third-order valence-corrected chi connectivity index (χ3v) is 7.34. The molecule has 23 heavy (non-hydrogen) atoms. The van der Waals surface area contributed by atoms with Gasteiger partial charge in [-0.2, -0.15) is 4.98 Å². The lowest BCUT2D eigenvalue weighted by Gasteiger charge is -2.39. The lowest BCUT2D eigenvalue weighted by Crippen LogP contribution is -2.53. The van der Waals surface area contributed by atoms with Crippen LogP contribution in [0.4, 0.5) is 5.82 Å². The van der Waals surface area contributed by atoms with E-state index >= 15 is 0 Å². The number of hydrogen-bond acceptors (Lipinski definition) is 5. The van der Waals surface area contributed by atoms with Crippen molar-refractivity contribution in [2.75, 3.05) is 37.3 Å². The number of thioether (sulfide) groups is 1. The van der Waals surface area contributed by atoms with Crippen molar-refractivity contribution in [3.8, 4) is 0 Å². The molecule has 3 heterocycles. The summed E-state index contributed by atoms with van der Waals surface area (Å²) in [5.74, 6) is 1.76. The highest BCUT2D eigenvalue weighted by atomic mass is 127. The minimum Gasteiger partial charge on any atom is -0.349 e. The average Bonchev–Trinajstić information content (AvgIpc) is 2.67. The van der Waals surface area contributed by atoms with Crippen LogP contribution in [-0.2, 0) is 0 Å². The van der Waals surface area contributed by atoms with Crippen molar-refractivity contribution in [2.24, 2.45) is 0 Å². The summed E-state index contributed by atoms with van der Waals surface area (Å²) in [6.45, 7) is 4.84. The maximum atomic E-state index is 12.4. The van der Waals surface area contributed by atoms with E-state index < -0.39 is 0 Å². The number of aromatic nitrogens is 2. The molecule has 0 radical (unpaired) electrons. The predicted molar refractivity (Wildman–Crippen MR) is 105 cm³/mol. The minimum absolute atomic E-state index is 0.217. The Morgan fingerprint density at radius 3 is 3.00 bits per heavy atom. The maximum Gasteiger partial charge on any atom is 0.359 e. The first-order valence-electron chi connectivity index (χ1n) is 7.47. The van der Waals surface area contributed by atoms with Gasteiger partial charge in [0.1, 0.15) is 5.82 Å². The monoisotopic (exact) mass is 462 g/mol. The third kappa shape index (κ3) is 2.47. The van der Waals surface area contributed by atoms with E-state index in [-0.39, 0.29) is 5.69 Å². The lowest BCUT2D eigenvalue weighted by atomic mass is 10.1. The largest absolute Gasteiger partial charge is 0.359 e. The van der Waals surface area contributed by atoms with Gasteiger partial charge in [0.25, 0.3) is 0 Å². The van der Waals surface area contributed by atoms with Gasteiger partial charge in [0.15, 0.2) is 0 Å². The lowest BCUT2D eigenvalue weighted by molar-refractivity contribution is 0.277. The molecular weight excluding hydrogens is 447 g/mol. The van der Waals surface area contributed by atoms with Crippen LogP contribution in [0.1, 0.15) is 5.56 Å². The Morgan fingerprint density at radius 2 is 2.22 bits per heavy atom. The number of nitrogens with zero attached hydrogens (tertiary/aromatic N) is 4. The standard InChI is InChI=1S/C15H16ClIN4OS/c1-8-5-10-11-13(12(8)16)23-7-9-6-19(2)3-4-20(9)14(11)18-15(22)21(10)17/h5,9H,3-4,6-7H2,1-2H3. The summed E-state index contributed by atoms with van der Waals surface area (Å²) in [6, 6.07) is 2.35. The molecule has 8 heteroatoms. The molecule has 0 amide bonds. The molecule has 0 aliphatic carbocycles. The topological polar surface area (TPSA) is 41.4 Å². The molecule has 5 nitrogen and oxygen atoms in total. The van der Waals surface area contributed by atoms with Crippen LogP contribution in [0.5, 0.6) is 0 Å². The van der Waals surface area contributed by atoms with E-state index in [9.17, 15) is 4.79 Å². The summed E-state index contributed by atoms with van der Waals surface area (Å²) in [5.41, 5.74) is 1.69. The summed E-state index contributed by atoms with van der Waals surface area (Å²) in [7, 11) is 2.14. The molecule has 0 saturated carbocycles.